The minimum atomic E-state index is -0.401. The highest BCUT2D eigenvalue weighted by atomic mass is 32.1. The molecule has 0 atom stereocenters. The van der Waals surface area contributed by atoms with Gasteiger partial charge in [0.1, 0.15) is 0 Å². The summed E-state index contributed by atoms with van der Waals surface area (Å²) in [5.41, 5.74) is 12.6. The predicted octanol–water partition coefficient (Wildman–Crippen LogP) is 18.1. The Labute approximate surface area is 411 Å². The molecule has 0 N–H and O–H groups in total. The van der Waals surface area contributed by atoms with E-state index in [1.165, 1.54) is 31.3 Å². The number of fused-ring (bicyclic) bond motifs is 2. The van der Waals surface area contributed by atoms with E-state index in [9.17, 15) is 9.59 Å². The van der Waals surface area contributed by atoms with Gasteiger partial charge in [-0.25, -0.2) is 0 Å². The van der Waals surface area contributed by atoms with Crippen LogP contribution in [0.2, 0.25) is 0 Å². The molecule has 0 saturated heterocycles. The molecule has 7 aromatic rings. The highest BCUT2D eigenvalue weighted by Crippen LogP contribution is 2.51. The monoisotopic (exact) mass is 926 g/mol. The lowest BCUT2D eigenvalue weighted by Crippen LogP contribution is -2.28. The van der Waals surface area contributed by atoms with Crippen molar-refractivity contribution in [1.82, 2.24) is 0 Å². The number of rotatable bonds is 6. The number of thiophene rings is 2. The summed E-state index contributed by atoms with van der Waals surface area (Å²) >= 11 is 3.63. The van der Waals surface area contributed by atoms with Gasteiger partial charge in [0.2, 0.25) is 0 Å². The lowest BCUT2D eigenvalue weighted by atomic mass is 9.71. The smallest absolute Gasteiger partial charge is 0.186 e. The Hall–Kier alpha value is -6.20. The molecule has 2 heterocycles. The van der Waals surface area contributed by atoms with Crippen molar-refractivity contribution in [1.29, 1.82) is 0 Å². The van der Waals surface area contributed by atoms with Gasteiger partial charge in [-0.2, -0.15) is 0 Å². The second-order valence-corrected chi connectivity index (χ2v) is 24.6. The molecule has 0 aliphatic heterocycles. The van der Waals surface area contributed by atoms with Crippen molar-refractivity contribution >= 4 is 65.6 Å². The van der Waals surface area contributed by atoms with Crippen LogP contribution in [0.4, 0.5) is 0 Å². The molecule has 2 aliphatic carbocycles. The van der Waals surface area contributed by atoms with Crippen LogP contribution in [0, 0.1) is 21.7 Å². The van der Waals surface area contributed by atoms with Crippen molar-refractivity contribution in [2.75, 3.05) is 0 Å². The van der Waals surface area contributed by atoms with Crippen LogP contribution in [0.1, 0.15) is 104 Å². The number of benzene rings is 5. The predicted molar refractivity (Wildman–Crippen MR) is 293 cm³/mol. The fourth-order valence-electron chi connectivity index (χ4n) is 9.69. The van der Waals surface area contributed by atoms with Gasteiger partial charge in [0.25, 0.3) is 0 Å². The number of carbonyl (C=O) groups excluding carboxylic acids is 2. The molecule has 4 heteroatoms. The van der Waals surface area contributed by atoms with Gasteiger partial charge in [-0.3, -0.25) is 9.59 Å². The molecule has 0 spiro atoms. The van der Waals surface area contributed by atoms with E-state index in [-0.39, 0.29) is 11.6 Å². The van der Waals surface area contributed by atoms with Crippen LogP contribution in [-0.2, 0) is 9.59 Å². The minimum Gasteiger partial charge on any atom is -0.289 e. The van der Waals surface area contributed by atoms with Crippen molar-refractivity contribution in [3.63, 3.8) is 0 Å². The Bertz CT molecular complexity index is 3060. The van der Waals surface area contributed by atoms with Crippen molar-refractivity contribution in [2.24, 2.45) is 21.7 Å². The van der Waals surface area contributed by atoms with Crippen molar-refractivity contribution < 1.29 is 9.59 Å². The van der Waals surface area contributed by atoms with Gasteiger partial charge in [-0.05, 0) is 97.6 Å². The van der Waals surface area contributed by atoms with E-state index in [0.29, 0.717) is 0 Å². The van der Waals surface area contributed by atoms with E-state index >= 15 is 0 Å². The zero-order chi connectivity index (χ0) is 48.5. The molecule has 0 fully saturated rings. The normalized spacial score (nSPS) is 15.1. The first kappa shape index (κ1) is 46.9. The number of ketones is 2. The van der Waals surface area contributed by atoms with Crippen molar-refractivity contribution in [3.8, 4) is 22.3 Å². The van der Waals surface area contributed by atoms with Crippen LogP contribution in [0.15, 0.2) is 191 Å². The molecule has 0 amide bonds. The molecule has 68 heavy (non-hydrogen) atoms. The number of allylic oxidation sites excluding steroid dienone is 10. The third kappa shape index (κ3) is 8.74. The number of Topliss-reactive ketones (excluding diaryl/α,β-unsaturated/α-hetero) is 2. The maximum absolute atomic E-state index is 14.6. The first-order chi connectivity index (χ1) is 32.1. The Balaban J connectivity index is 1.45. The molecular weight excluding hydrogens is 865 g/mol. The summed E-state index contributed by atoms with van der Waals surface area (Å²) in [7, 11) is 0. The SMILES string of the molecule is CC(C)(C)C1=CC(=C(c2cccc(C(=C3C=C(C(C)(C)C)C(=O)C(C(C)(C)C)=C3)c3sc4ccccc4c3-c3ccccc3)c2)c2sc3ccccc3c2-c2ccccc2)C=C(C(C)(C)C)C1=O. The molecule has 2 aromatic heterocycles. The van der Waals surface area contributed by atoms with Crippen LogP contribution in [0.25, 0.3) is 53.6 Å². The van der Waals surface area contributed by atoms with Crippen LogP contribution < -0.4 is 0 Å². The fourth-order valence-corrected chi connectivity index (χ4v) is 12.3. The number of hydrogen-bond donors (Lipinski definition) is 0. The van der Waals surface area contributed by atoms with Gasteiger partial charge >= 0.3 is 0 Å². The largest absolute Gasteiger partial charge is 0.289 e. The summed E-state index contributed by atoms with van der Waals surface area (Å²) in [5.74, 6) is 0.225. The number of carbonyl (C=O) groups is 2. The van der Waals surface area contributed by atoms with Crippen LogP contribution >= 0.6 is 22.7 Å². The zero-order valence-electron chi connectivity index (χ0n) is 41.6. The number of hydrogen-bond acceptors (Lipinski definition) is 4. The van der Waals surface area contributed by atoms with E-state index in [2.05, 4.69) is 241 Å². The van der Waals surface area contributed by atoms with Gasteiger partial charge in [0, 0.05) is 74.5 Å². The van der Waals surface area contributed by atoms with Gasteiger partial charge in [-0.1, -0.05) is 198 Å². The van der Waals surface area contributed by atoms with Gasteiger partial charge in [0.15, 0.2) is 11.6 Å². The summed E-state index contributed by atoms with van der Waals surface area (Å²) < 4.78 is 2.41. The third-order valence-electron chi connectivity index (χ3n) is 13.2. The average Bonchev–Trinajstić information content (AvgIpc) is 3.85. The Morgan fingerprint density at radius 3 is 1.00 bits per heavy atom. The van der Waals surface area contributed by atoms with Gasteiger partial charge < -0.3 is 0 Å². The lowest BCUT2D eigenvalue weighted by molar-refractivity contribution is -0.114. The van der Waals surface area contributed by atoms with Crippen LogP contribution in [0.3, 0.4) is 0 Å². The van der Waals surface area contributed by atoms with Crippen LogP contribution in [-0.4, -0.2) is 11.6 Å². The summed E-state index contributed by atoms with van der Waals surface area (Å²) in [4.78, 5) is 31.5. The molecule has 0 unspecified atom stereocenters. The van der Waals surface area contributed by atoms with E-state index in [1.807, 2.05) is 22.7 Å². The minimum absolute atomic E-state index is 0.112. The van der Waals surface area contributed by atoms with Gasteiger partial charge in [0.05, 0.1) is 0 Å². The summed E-state index contributed by atoms with van der Waals surface area (Å²) in [6.07, 6.45) is 8.73. The Kier molecular flexibility index (Phi) is 12.0. The van der Waals surface area contributed by atoms with Crippen molar-refractivity contribution in [3.05, 3.63) is 212 Å². The maximum Gasteiger partial charge on any atom is 0.186 e. The highest BCUT2D eigenvalue weighted by molar-refractivity contribution is 7.21. The summed E-state index contributed by atoms with van der Waals surface area (Å²) in [6, 6.07) is 48.0. The lowest BCUT2D eigenvalue weighted by Gasteiger charge is -2.32. The van der Waals surface area contributed by atoms with E-state index in [0.717, 1.165) is 76.6 Å². The van der Waals surface area contributed by atoms with E-state index < -0.39 is 21.7 Å². The molecule has 2 nitrogen and oxygen atoms in total. The molecule has 0 radical (unpaired) electrons. The Morgan fingerprint density at radius 1 is 0.368 bits per heavy atom. The fraction of sp³-hybridized carbons (Fsp3) is 0.250. The molecule has 0 saturated carbocycles. The first-order valence-corrected chi connectivity index (χ1v) is 25.5. The maximum atomic E-state index is 14.6. The van der Waals surface area contributed by atoms with E-state index in [4.69, 9.17) is 0 Å². The standard InChI is InChI=1S/C64H62O2S2/c1-61(2,3)47-35-43(36-48(57(47)65)62(4,5)6)53(59-55(39-24-15-13-16-25-39)45-30-19-21-32-51(45)67-59)41-28-23-29-42(34-41)54(44-37-49(63(7,8)9)58(66)50(38-44)64(10,11)12)60-56(40-26-17-14-18-27-40)46-31-20-22-33-52(46)68-60/h13-38H,1-12H3. The second-order valence-electron chi connectivity index (χ2n) is 22.5. The molecule has 2 aliphatic rings. The molecule has 342 valence electrons. The van der Waals surface area contributed by atoms with Crippen LogP contribution in [0.5, 0.6) is 0 Å². The van der Waals surface area contributed by atoms with Crippen molar-refractivity contribution in [2.45, 2.75) is 83.1 Å². The summed E-state index contributed by atoms with van der Waals surface area (Å²) in [6.45, 7) is 25.8. The average molecular weight is 927 g/mol. The Morgan fingerprint density at radius 2 is 0.676 bits per heavy atom. The molecule has 0 bridgehead atoms. The zero-order valence-corrected chi connectivity index (χ0v) is 43.3. The molecule has 9 rings (SSSR count). The quantitative estimate of drug-likeness (QED) is 0.167. The first-order valence-electron chi connectivity index (χ1n) is 23.8. The highest BCUT2D eigenvalue weighted by Gasteiger charge is 2.37. The molecular formula is C64H62O2S2. The van der Waals surface area contributed by atoms with E-state index in [1.54, 1.807) is 0 Å². The topological polar surface area (TPSA) is 34.1 Å². The third-order valence-corrected chi connectivity index (χ3v) is 15.6. The molecule has 5 aromatic carbocycles. The summed E-state index contributed by atoms with van der Waals surface area (Å²) in [5, 5.41) is 2.40. The van der Waals surface area contributed by atoms with Gasteiger partial charge in [-0.15, -0.1) is 22.7 Å². The second kappa shape index (κ2) is 17.4.